The van der Waals surface area contributed by atoms with E-state index < -0.39 is 0 Å². The number of nitrogens with zero attached hydrogens (tertiary/aromatic N) is 2. The third-order valence-electron chi connectivity index (χ3n) is 2.85. The summed E-state index contributed by atoms with van der Waals surface area (Å²) in [6.45, 7) is 0. The van der Waals surface area contributed by atoms with Crippen LogP contribution in [0.15, 0.2) is 42.7 Å². The molecule has 0 fully saturated rings. The van der Waals surface area contributed by atoms with Gasteiger partial charge < -0.3 is 5.11 Å². The van der Waals surface area contributed by atoms with Gasteiger partial charge in [0, 0.05) is 10.9 Å². The summed E-state index contributed by atoms with van der Waals surface area (Å²) in [6, 6.07) is 10.5. The maximum absolute atomic E-state index is 9.69. The van der Waals surface area contributed by atoms with Gasteiger partial charge in [0.1, 0.15) is 12.1 Å². The molecule has 0 radical (unpaired) electrons. The largest absolute Gasteiger partial charge is 0.506 e. The monoisotopic (exact) mass is 290 g/mol. The Morgan fingerprint density at radius 1 is 0.947 bits per heavy atom. The molecule has 0 atom stereocenters. The molecule has 0 saturated carbocycles. The Balaban J connectivity index is 2.37. The zero-order chi connectivity index (χ0) is 13.4. The number of benzene rings is 2. The second kappa shape index (κ2) is 4.68. The second-order valence-corrected chi connectivity index (χ2v) is 4.78. The summed E-state index contributed by atoms with van der Waals surface area (Å²) >= 11 is 12.2. The first kappa shape index (κ1) is 12.2. The normalized spacial score (nSPS) is 10.8. The number of aromatic hydroxyl groups is 1. The molecule has 0 amide bonds. The Bertz CT molecular complexity index is 774. The number of phenols is 1. The summed E-state index contributed by atoms with van der Waals surface area (Å²) in [4.78, 5) is 8.43. The predicted molar refractivity (Wildman–Crippen MR) is 76.7 cm³/mol. The van der Waals surface area contributed by atoms with E-state index in [1.807, 2.05) is 12.1 Å². The van der Waals surface area contributed by atoms with Crippen LogP contribution in [0.5, 0.6) is 5.75 Å². The Hall–Kier alpha value is -1.84. The highest BCUT2D eigenvalue weighted by molar-refractivity contribution is 6.36. The number of hydrogen-bond donors (Lipinski definition) is 1. The number of para-hydroxylation sites is 1. The number of fused-ring (bicyclic) bond motifs is 1. The highest BCUT2D eigenvalue weighted by atomic mass is 35.5. The van der Waals surface area contributed by atoms with Crippen molar-refractivity contribution in [1.82, 2.24) is 9.97 Å². The van der Waals surface area contributed by atoms with E-state index in [1.54, 1.807) is 18.2 Å². The molecule has 2 aromatic carbocycles. The van der Waals surface area contributed by atoms with Gasteiger partial charge >= 0.3 is 0 Å². The van der Waals surface area contributed by atoms with E-state index in [0.717, 1.165) is 5.39 Å². The van der Waals surface area contributed by atoms with E-state index in [9.17, 15) is 5.11 Å². The zero-order valence-electron chi connectivity index (χ0n) is 9.64. The average Bonchev–Trinajstić information content (AvgIpc) is 2.42. The summed E-state index contributed by atoms with van der Waals surface area (Å²) in [5.74, 6) is 0.0213. The lowest BCUT2D eigenvalue weighted by molar-refractivity contribution is 0.476. The number of halogens is 2. The molecule has 0 unspecified atom stereocenters. The molecule has 3 aromatic rings. The lowest BCUT2D eigenvalue weighted by Gasteiger charge is -2.08. The Morgan fingerprint density at radius 3 is 2.58 bits per heavy atom. The van der Waals surface area contributed by atoms with Gasteiger partial charge in [-0.15, -0.1) is 0 Å². The minimum absolute atomic E-state index is 0.0213. The first-order valence-electron chi connectivity index (χ1n) is 5.55. The van der Waals surface area contributed by atoms with Gasteiger partial charge in [-0.3, -0.25) is 0 Å². The van der Waals surface area contributed by atoms with E-state index in [4.69, 9.17) is 23.2 Å². The van der Waals surface area contributed by atoms with Crippen molar-refractivity contribution < 1.29 is 5.11 Å². The lowest BCUT2D eigenvalue weighted by atomic mass is 10.1. The zero-order valence-corrected chi connectivity index (χ0v) is 11.2. The van der Waals surface area contributed by atoms with E-state index >= 15 is 0 Å². The van der Waals surface area contributed by atoms with Crippen molar-refractivity contribution in [3.05, 3.63) is 52.8 Å². The second-order valence-electron chi connectivity index (χ2n) is 4.00. The van der Waals surface area contributed by atoms with Crippen LogP contribution in [0.1, 0.15) is 0 Å². The third kappa shape index (κ3) is 2.01. The molecule has 0 saturated heterocycles. The van der Waals surface area contributed by atoms with Crippen molar-refractivity contribution in [2.75, 3.05) is 0 Å². The topological polar surface area (TPSA) is 46.0 Å². The number of rotatable bonds is 1. The summed E-state index contributed by atoms with van der Waals surface area (Å²) < 4.78 is 0. The van der Waals surface area contributed by atoms with Gasteiger partial charge in [0.15, 0.2) is 0 Å². The summed E-state index contributed by atoms with van der Waals surface area (Å²) in [6.07, 6.45) is 1.43. The quantitative estimate of drug-likeness (QED) is 0.726. The minimum Gasteiger partial charge on any atom is -0.506 e. The number of hydrogen-bond acceptors (Lipinski definition) is 3. The van der Waals surface area contributed by atoms with Gasteiger partial charge in [-0.2, -0.15) is 0 Å². The van der Waals surface area contributed by atoms with Crippen LogP contribution in [0.3, 0.4) is 0 Å². The summed E-state index contributed by atoms with van der Waals surface area (Å²) in [7, 11) is 0. The molecule has 3 nitrogen and oxygen atoms in total. The van der Waals surface area contributed by atoms with Gasteiger partial charge in [0.05, 0.1) is 21.3 Å². The van der Waals surface area contributed by atoms with Gasteiger partial charge in [0.2, 0.25) is 0 Å². The van der Waals surface area contributed by atoms with Crippen LogP contribution in [0.25, 0.3) is 22.2 Å². The molecule has 1 aromatic heterocycles. The predicted octanol–water partition coefficient (Wildman–Crippen LogP) is 4.31. The molecule has 0 aliphatic heterocycles. The van der Waals surface area contributed by atoms with Crippen LogP contribution in [0, 0.1) is 0 Å². The highest BCUT2D eigenvalue weighted by Gasteiger charge is 2.13. The van der Waals surface area contributed by atoms with Crippen molar-refractivity contribution in [1.29, 1.82) is 0 Å². The van der Waals surface area contributed by atoms with E-state index in [2.05, 4.69) is 9.97 Å². The molecule has 1 N–H and O–H groups in total. The smallest absolute Gasteiger partial charge is 0.134 e. The molecule has 0 bridgehead atoms. The Kier molecular flexibility index (Phi) is 3.01. The molecule has 1 heterocycles. The summed E-state index contributed by atoms with van der Waals surface area (Å²) in [5.41, 5.74) is 1.96. The fourth-order valence-corrected chi connectivity index (χ4v) is 2.41. The molecular formula is C14H8Cl2N2O. The maximum atomic E-state index is 9.69. The first-order chi connectivity index (χ1) is 9.18. The third-order valence-corrected chi connectivity index (χ3v) is 3.55. The van der Waals surface area contributed by atoms with Crippen LogP contribution in [-0.4, -0.2) is 15.1 Å². The van der Waals surface area contributed by atoms with Crippen molar-refractivity contribution in [3.8, 4) is 17.0 Å². The molecular weight excluding hydrogens is 283 g/mol. The standard InChI is InChI=1S/C14H8Cl2N2O/c15-10-5-1-4-9-13(17-7-18-14(9)10)8-3-2-6-11(19)12(8)16/h1-7,19H. The maximum Gasteiger partial charge on any atom is 0.134 e. The van der Waals surface area contributed by atoms with Crippen LogP contribution >= 0.6 is 23.2 Å². The van der Waals surface area contributed by atoms with Crippen LogP contribution in [0.4, 0.5) is 0 Å². The molecule has 19 heavy (non-hydrogen) atoms. The summed E-state index contributed by atoms with van der Waals surface area (Å²) in [5, 5.41) is 11.3. The van der Waals surface area contributed by atoms with Crippen LogP contribution < -0.4 is 0 Å². The van der Waals surface area contributed by atoms with E-state index in [1.165, 1.54) is 12.4 Å². The van der Waals surface area contributed by atoms with Crippen molar-refractivity contribution >= 4 is 34.1 Å². The molecule has 0 aliphatic carbocycles. The van der Waals surface area contributed by atoms with Crippen molar-refractivity contribution in [2.24, 2.45) is 0 Å². The van der Waals surface area contributed by atoms with Gasteiger partial charge in [-0.1, -0.05) is 47.5 Å². The van der Waals surface area contributed by atoms with Crippen LogP contribution in [-0.2, 0) is 0 Å². The lowest BCUT2D eigenvalue weighted by Crippen LogP contribution is -1.90. The number of phenolic OH excluding ortho intramolecular Hbond substituents is 1. The first-order valence-corrected chi connectivity index (χ1v) is 6.31. The molecule has 0 aliphatic rings. The SMILES string of the molecule is Oc1cccc(-c2ncnc3c(Cl)cccc23)c1Cl. The molecule has 0 spiro atoms. The molecule has 5 heteroatoms. The van der Waals surface area contributed by atoms with E-state index in [0.29, 0.717) is 21.8 Å². The molecule has 3 rings (SSSR count). The van der Waals surface area contributed by atoms with Gasteiger partial charge in [-0.05, 0) is 12.1 Å². The van der Waals surface area contributed by atoms with Crippen LogP contribution in [0.2, 0.25) is 10.0 Å². The van der Waals surface area contributed by atoms with Gasteiger partial charge in [0.25, 0.3) is 0 Å². The fourth-order valence-electron chi connectivity index (χ4n) is 1.97. The highest BCUT2D eigenvalue weighted by Crippen LogP contribution is 2.37. The Morgan fingerprint density at radius 2 is 1.74 bits per heavy atom. The number of aromatic nitrogens is 2. The van der Waals surface area contributed by atoms with Crippen molar-refractivity contribution in [3.63, 3.8) is 0 Å². The average molecular weight is 291 g/mol. The minimum atomic E-state index is 0.0213. The Labute approximate surface area is 119 Å². The fraction of sp³-hybridized carbons (Fsp3) is 0. The molecule has 94 valence electrons. The van der Waals surface area contributed by atoms with E-state index in [-0.39, 0.29) is 10.8 Å². The van der Waals surface area contributed by atoms with Gasteiger partial charge in [-0.25, -0.2) is 9.97 Å². The van der Waals surface area contributed by atoms with Crippen molar-refractivity contribution in [2.45, 2.75) is 0 Å².